The molecule has 1 amide bonds. The number of carbonyl (C=O) groups excluding carboxylic acids is 2. The Bertz CT molecular complexity index is 1040. The van der Waals surface area contributed by atoms with E-state index in [0.717, 1.165) is 11.1 Å². The van der Waals surface area contributed by atoms with Crippen LogP contribution in [0.25, 0.3) is 5.57 Å². The first-order valence-corrected chi connectivity index (χ1v) is 9.35. The lowest BCUT2D eigenvalue weighted by Gasteiger charge is -2.38. The number of Topliss-reactive ketones (excluding diaryl/α,β-unsaturated/α-hetero) is 1. The smallest absolute Gasteiger partial charge is 0.338 e. The molecule has 0 unspecified atom stereocenters. The summed E-state index contributed by atoms with van der Waals surface area (Å²) < 4.78 is 0. The summed E-state index contributed by atoms with van der Waals surface area (Å²) in [5.74, 6) is -1.54. The molecule has 2 aliphatic heterocycles. The molecule has 7 heteroatoms. The van der Waals surface area contributed by atoms with Gasteiger partial charge in [0.25, 0.3) is 11.7 Å². The molecule has 0 atom stereocenters. The average molecular weight is 380 g/mol. The molecule has 4 rings (SSSR count). The molecule has 0 radical (unpaired) electrons. The summed E-state index contributed by atoms with van der Waals surface area (Å²) >= 11 is 1.33. The van der Waals surface area contributed by atoms with Gasteiger partial charge in [-0.25, -0.2) is 9.78 Å². The second-order valence-electron chi connectivity index (χ2n) is 6.94. The van der Waals surface area contributed by atoms with Gasteiger partial charge >= 0.3 is 5.97 Å². The molecule has 6 nitrogen and oxygen atoms in total. The van der Waals surface area contributed by atoms with Crippen molar-refractivity contribution in [1.29, 1.82) is 0 Å². The van der Waals surface area contributed by atoms with Crippen molar-refractivity contribution < 1.29 is 19.5 Å². The number of nitrogens with zero attached hydrogens (tertiary/aromatic N) is 2. The Morgan fingerprint density at radius 3 is 2.67 bits per heavy atom. The quantitative estimate of drug-likeness (QED) is 0.647. The van der Waals surface area contributed by atoms with Crippen LogP contribution < -0.4 is 4.90 Å². The second kappa shape index (κ2) is 6.06. The molecule has 0 bridgehead atoms. The molecule has 1 aromatic heterocycles. The van der Waals surface area contributed by atoms with Gasteiger partial charge in [0.2, 0.25) is 0 Å². The first-order valence-electron chi connectivity index (χ1n) is 8.36. The molecule has 0 fully saturated rings. The minimum atomic E-state index is -1.02. The first-order chi connectivity index (χ1) is 12.8. The lowest BCUT2D eigenvalue weighted by atomic mass is 9.89. The van der Waals surface area contributed by atoms with Crippen LogP contribution in [0.5, 0.6) is 0 Å². The zero-order valence-electron chi connectivity index (χ0n) is 14.7. The number of hydrogen-bond donors (Lipinski definition) is 1. The zero-order chi connectivity index (χ0) is 19.3. The van der Waals surface area contributed by atoms with Crippen molar-refractivity contribution >= 4 is 40.7 Å². The van der Waals surface area contributed by atoms with Crippen LogP contribution in [-0.2, 0) is 4.79 Å². The largest absolute Gasteiger partial charge is 0.478 e. The Morgan fingerprint density at radius 1 is 1.19 bits per heavy atom. The summed E-state index contributed by atoms with van der Waals surface area (Å²) in [5, 5.41) is 9.77. The highest BCUT2D eigenvalue weighted by atomic mass is 32.2. The molecule has 27 heavy (non-hydrogen) atoms. The van der Waals surface area contributed by atoms with Crippen LogP contribution in [0.4, 0.5) is 5.69 Å². The molecule has 0 saturated heterocycles. The summed E-state index contributed by atoms with van der Waals surface area (Å²) in [5.41, 5.74) is 2.35. The molecule has 2 aromatic rings. The van der Waals surface area contributed by atoms with Crippen LogP contribution in [0.1, 0.15) is 40.1 Å². The summed E-state index contributed by atoms with van der Waals surface area (Å²) in [7, 11) is 0. The van der Waals surface area contributed by atoms with Crippen LogP contribution in [-0.4, -0.2) is 39.0 Å². The van der Waals surface area contributed by atoms with E-state index in [1.54, 1.807) is 29.3 Å². The Kier molecular flexibility index (Phi) is 3.92. The second-order valence-corrected chi connectivity index (χ2v) is 7.91. The van der Waals surface area contributed by atoms with Gasteiger partial charge in [-0.15, -0.1) is 11.8 Å². The van der Waals surface area contributed by atoms with Gasteiger partial charge in [0.05, 0.1) is 22.4 Å². The number of benzene rings is 1. The number of carbonyl (C=O) groups is 3. The van der Waals surface area contributed by atoms with Gasteiger partial charge in [0, 0.05) is 17.5 Å². The van der Waals surface area contributed by atoms with Crippen LogP contribution in [0.3, 0.4) is 0 Å². The maximum absolute atomic E-state index is 12.5. The van der Waals surface area contributed by atoms with E-state index >= 15 is 0 Å². The first kappa shape index (κ1) is 17.5. The van der Waals surface area contributed by atoms with Crippen molar-refractivity contribution in [3.8, 4) is 0 Å². The highest BCUT2D eigenvalue weighted by Gasteiger charge is 2.46. The molecule has 0 aliphatic carbocycles. The van der Waals surface area contributed by atoms with E-state index in [-0.39, 0.29) is 5.56 Å². The van der Waals surface area contributed by atoms with Crippen molar-refractivity contribution in [3.63, 3.8) is 0 Å². The van der Waals surface area contributed by atoms with Gasteiger partial charge in [-0.05, 0) is 37.6 Å². The average Bonchev–Trinajstić information content (AvgIpc) is 2.90. The maximum atomic E-state index is 12.5. The van der Waals surface area contributed by atoms with Crippen molar-refractivity contribution in [1.82, 2.24) is 4.98 Å². The number of carboxylic acid groups (broad SMARTS) is 1. The molecule has 136 valence electrons. The number of ketones is 1. The number of carboxylic acids is 1. The van der Waals surface area contributed by atoms with Crippen molar-refractivity contribution in [2.45, 2.75) is 24.4 Å². The van der Waals surface area contributed by atoms with E-state index in [0.29, 0.717) is 22.0 Å². The maximum Gasteiger partial charge on any atom is 0.338 e. The van der Waals surface area contributed by atoms with Crippen molar-refractivity contribution in [2.24, 2.45) is 0 Å². The van der Waals surface area contributed by atoms with Gasteiger partial charge < -0.3 is 5.11 Å². The third kappa shape index (κ3) is 2.66. The standard InChI is InChI=1S/C20H16N2O4S/c1-20(2)9-11(10-27-17-14(19(25)26)7-4-8-21-17)12-5-3-6-13-15(12)22(20)18(24)16(13)23/h3-9H,10H2,1-2H3,(H,25,26). The number of para-hydroxylation sites is 1. The highest BCUT2D eigenvalue weighted by molar-refractivity contribution is 7.99. The third-order valence-electron chi connectivity index (χ3n) is 4.72. The minimum absolute atomic E-state index is 0.156. The molecular formula is C20H16N2O4S. The lowest BCUT2D eigenvalue weighted by molar-refractivity contribution is -0.115. The number of rotatable bonds is 4. The highest BCUT2D eigenvalue weighted by Crippen LogP contribution is 2.46. The fourth-order valence-electron chi connectivity index (χ4n) is 3.60. The zero-order valence-corrected chi connectivity index (χ0v) is 15.5. The number of thioether (sulfide) groups is 1. The monoisotopic (exact) mass is 380 g/mol. The molecule has 0 saturated carbocycles. The lowest BCUT2D eigenvalue weighted by Crippen LogP contribution is -2.47. The SMILES string of the molecule is CC1(C)C=C(CSc2ncccc2C(=O)O)c2cccc3c2N1C(=O)C3=O. The Labute approximate surface area is 159 Å². The Hall–Kier alpha value is -2.93. The third-order valence-corrected chi connectivity index (χ3v) is 5.77. The Balaban J connectivity index is 1.74. The van der Waals surface area contributed by atoms with E-state index in [2.05, 4.69) is 4.98 Å². The Morgan fingerprint density at radius 2 is 1.93 bits per heavy atom. The molecular weight excluding hydrogens is 364 g/mol. The van der Waals surface area contributed by atoms with Gasteiger partial charge in [-0.3, -0.25) is 14.5 Å². The van der Waals surface area contributed by atoms with Crippen LogP contribution in [0.15, 0.2) is 47.6 Å². The predicted molar refractivity (Wildman–Crippen MR) is 102 cm³/mol. The summed E-state index contributed by atoms with van der Waals surface area (Å²) in [6, 6.07) is 8.44. The van der Waals surface area contributed by atoms with Crippen LogP contribution in [0.2, 0.25) is 0 Å². The van der Waals surface area contributed by atoms with E-state index in [1.165, 1.54) is 17.8 Å². The normalized spacial score (nSPS) is 17.0. The predicted octanol–water partition coefficient (Wildman–Crippen LogP) is 3.28. The van der Waals surface area contributed by atoms with E-state index in [4.69, 9.17) is 0 Å². The van der Waals surface area contributed by atoms with E-state index in [1.807, 2.05) is 26.0 Å². The molecule has 3 heterocycles. The van der Waals surface area contributed by atoms with Crippen molar-refractivity contribution in [2.75, 3.05) is 10.7 Å². The van der Waals surface area contributed by atoms with Gasteiger partial charge in [0.1, 0.15) is 5.03 Å². The van der Waals surface area contributed by atoms with E-state index < -0.39 is 23.2 Å². The number of hydrogen-bond acceptors (Lipinski definition) is 5. The van der Waals surface area contributed by atoms with Crippen LogP contribution >= 0.6 is 11.8 Å². The number of aromatic nitrogens is 1. The minimum Gasteiger partial charge on any atom is -0.478 e. The fraction of sp³-hybridized carbons (Fsp3) is 0.200. The molecule has 0 spiro atoms. The van der Waals surface area contributed by atoms with Gasteiger partial charge in [-0.2, -0.15) is 0 Å². The molecule has 1 N–H and O–H groups in total. The summed E-state index contributed by atoms with van der Waals surface area (Å²) in [4.78, 5) is 41.9. The van der Waals surface area contributed by atoms with Crippen LogP contribution in [0, 0.1) is 0 Å². The van der Waals surface area contributed by atoms with E-state index in [9.17, 15) is 19.5 Å². The van der Waals surface area contributed by atoms with Gasteiger partial charge in [0.15, 0.2) is 0 Å². The number of pyridine rings is 1. The molecule has 2 aliphatic rings. The molecule has 1 aromatic carbocycles. The van der Waals surface area contributed by atoms with Gasteiger partial charge in [-0.1, -0.05) is 18.2 Å². The summed E-state index contributed by atoms with van der Waals surface area (Å²) in [6.07, 6.45) is 3.53. The number of anilines is 1. The number of amides is 1. The summed E-state index contributed by atoms with van der Waals surface area (Å²) in [6.45, 7) is 3.77. The van der Waals surface area contributed by atoms with Crippen molar-refractivity contribution in [3.05, 3.63) is 59.3 Å². The fourth-order valence-corrected chi connectivity index (χ4v) is 4.58. The topological polar surface area (TPSA) is 87.6 Å². The number of aromatic carboxylic acids is 1.